The van der Waals surface area contributed by atoms with Crippen molar-refractivity contribution in [1.82, 2.24) is 10.2 Å². The summed E-state index contributed by atoms with van der Waals surface area (Å²) in [6.45, 7) is 0. The molecule has 0 spiro atoms. The lowest BCUT2D eigenvalue weighted by atomic mass is 10.1. The zero-order chi connectivity index (χ0) is 9.14. The van der Waals surface area contributed by atoms with Gasteiger partial charge in [0.1, 0.15) is 0 Å². The van der Waals surface area contributed by atoms with Gasteiger partial charge in [-0.15, -0.1) is 0 Å². The number of carbonyl (C=O) groups is 2. The topological polar surface area (TPSA) is 112 Å². The summed E-state index contributed by atoms with van der Waals surface area (Å²) in [7, 11) is 0. The van der Waals surface area contributed by atoms with Gasteiger partial charge in [0, 0.05) is 0 Å². The molecule has 2 amide bonds. The Kier molecular flexibility index (Phi) is 2.00. The molecule has 1 heterocycles. The number of nitrogens with zero attached hydrogens (tertiary/aromatic N) is 2. The third-order valence-corrected chi connectivity index (χ3v) is 1.26. The summed E-state index contributed by atoms with van der Waals surface area (Å²) < 4.78 is 0. The number of hydrogen-bond acceptors (Lipinski definition) is 4. The number of rotatable bonds is 2. The molecule has 1 aromatic rings. The summed E-state index contributed by atoms with van der Waals surface area (Å²) in [5, 5.41) is 6.78. The first-order valence-electron chi connectivity index (χ1n) is 3.03. The van der Waals surface area contributed by atoms with Crippen LogP contribution in [0, 0.1) is 0 Å². The van der Waals surface area contributed by atoms with Crippen LogP contribution in [0.25, 0.3) is 0 Å². The van der Waals surface area contributed by atoms with Gasteiger partial charge in [-0.1, -0.05) is 0 Å². The monoisotopic (exact) mass is 166 g/mol. The van der Waals surface area contributed by atoms with E-state index in [4.69, 9.17) is 11.5 Å². The SMILES string of the molecule is NC(=O)c1cnncc1C(N)=O. The zero-order valence-electron chi connectivity index (χ0n) is 6.02. The number of primary amides is 2. The quantitative estimate of drug-likeness (QED) is 0.567. The van der Waals surface area contributed by atoms with E-state index < -0.39 is 11.8 Å². The van der Waals surface area contributed by atoms with Crippen LogP contribution in [0.5, 0.6) is 0 Å². The Labute approximate surface area is 67.6 Å². The third kappa shape index (κ3) is 1.36. The normalized spacial score (nSPS) is 9.33. The molecule has 0 aliphatic rings. The van der Waals surface area contributed by atoms with Crippen molar-refractivity contribution in [3.63, 3.8) is 0 Å². The first-order valence-corrected chi connectivity index (χ1v) is 3.03. The molecule has 12 heavy (non-hydrogen) atoms. The van der Waals surface area contributed by atoms with E-state index in [9.17, 15) is 9.59 Å². The standard InChI is InChI=1S/C6H6N4O2/c7-5(11)3-1-9-10-2-4(3)6(8)12/h1-2H,(H2,7,11)(H2,8,12). The summed E-state index contributed by atoms with van der Waals surface area (Å²) in [6, 6.07) is 0. The second-order valence-corrected chi connectivity index (χ2v) is 2.04. The van der Waals surface area contributed by atoms with Crippen LogP contribution in [-0.2, 0) is 0 Å². The lowest BCUT2D eigenvalue weighted by Gasteiger charge is -1.98. The van der Waals surface area contributed by atoms with E-state index in [1.165, 1.54) is 0 Å². The maximum Gasteiger partial charge on any atom is 0.251 e. The van der Waals surface area contributed by atoms with Gasteiger partial charge in [0.25, 0.3) is 11.8 Å². The average molecular weight is 166 g/mol. The molecule has 0 radical (unpaired) electrons. The van der Waals surface area contributed by atoms with Crippen molar-refractivity contribution >= 4 is 11.8 Å². The highest BCUT2D eigenvalue weighted by Crippen LogP contribution is 2.02. The van der Waals surface area contributed by atoms with E-state index in [1.807, 2.05) is 0 Å². The molecule has 0 atom stereocenters. The number of hydrogen-bond donors (Lipinski definition) is 2. The fourth-order valence-corrected chi connectivity index (χ4v) is 0.714. The van der Waals surface area contributed by atoms with Crippen LogP contribution >= 0.6 is 0 Å². The predicted octanol–water partition coefficient (Wildman–Crippen LogP) is -1.33. The molecule has 0 aromatic carbocycles. The smallest absolute Gasteiger partial charge is 0.251 e. The summed E-state index contributed by atoms with van der Waals surface area (Å²) >= 11 is 0. The van der Waals surface area contributed by atoms with Gasteiger partial charge in [-0.25, -0.2) is 0 Å². The van der Waals surface area contributed by atoms with Crippen LogP contribution in [0.4, 0.5) is 0 Å². The molecule has 0 fully saturated rings. The summed E-state index contributed by atoms with van der Waals surface area (Å²) in [5.41, 5.74) is 9.84. The first kappa shape index (κ1) is 8.12. The fraction of sp³-hybridized carbons (Fsp3) is 0. The Morgan fingerprint density at radius 1 is 1.00 bits per heavy atom. The van der Waals surface area contributed by atoms with E-state index in [0.717, 1.165) is 12.4 Å². The molecule has 6 heteroatoms. The van der Waals surface area contributed by atoms with Gasteiger partial charge in [0.05, 0.1) is 23.5 Å². The van der Waals surface area contributed by atoms with Crippen LogP contribution in [0.3, 0.4) is 0 Å². The number of nitrogens with two attached hydrogens (primary N) is 2. The Balaban J connectivity index is 3.27. The molecule has 0 aliphatic carbocycles. The van der Waals surface area contributed by atoms with E-state index in [2.05, 4.69) is 10.2 Å². The van der Waals surface area contributed by atoms with Crippen molar-refractivity contribution in [2.45, 2.75) is 0 Å². The molecule has 62 valence electrons. The fourth-order valence-electron chi connectivity index (χ4n) is 0.714. The maximum absolute atomic E-state index is 10.7. The molecule has 1 rings (SSSR count). The maximum atomic E-state index is 10.7. The number of aromatic nitrogens is 2. The van der Waals surface area contributed by atoms with Crippen molar-refractivity contribution < 1.29 is 9.59 Å². The zero-order valence-corrected chi connectivity index (χ0v) is 6.02. The Bertz CT molecular complexity index is 303. The number of amides is 2. The molecule has 0 saturated carbocycles. The third-order valence-electron chi connectivity index (χ3n) is 1.26. The van der Waals surface area contributed by atoms with Crippen LogP contribution in [-0.4, -0.2) is 22.0 Å². The average Bonchev–Trinajstić information content (AvgIpc) is 2.04. The second kappa shape index (κ2) is 2.95. The predicted molar refractivity (Wildman–Crippen MR) is 39.1 cm³/mol. The molecular weight excluding hydrogens is 160 g/mol. The highest BCUT2D eigenvalue weighted by molar-refractivity contribution is 6.05. The summed E-state index contributed by atoms with van der Waals surface area (Å²) in [4.78, 5) is 21.3. The molecule has 4 N–H and O–H groups in total. The van der Waals surface area contributed by atoms with E-state index in [0.29, 0.717) is 0 Å². The van der Waals surface area contributed by atoms with Crippen LogP contribution < -0.4 is 11.5 Å². The highest BCUT2D eigenvalue weighted by atomic mass is 16.2. The van der Waals surface area contributed by atoms with E-state index in [1.54, 1.807) is 0 Å². The molecule has 0 unspecified atom stereocenters. The Morgan fingerprint density at radius 2 is 1.33 bits per heavy atom. The minimum absolute atomic E-state index is 0.0162. The van der Waals surface area contributed by atoms with Gasteiger partial charge in [-0.2, -0.15) is 10.2 Å². The van der Waals surface area contributed by atoms with Gasteiger partial charge < -0.3 is 11.5 Å². The van der Waals surface area contributed by atoms with Gasteiger partial charge in [-0.05, 0) is 0 Å². The highest BCUT2D eigenvalue weighted by Gasteiger charge is 2.12. The number of carbonyl (C=O) groups excluding carboxylic acids is 2. The van der Waals surface area contributed by atoms with Crippen molar-refractivity contribution in [2.24, 2.45) is 11.5 Å². The second-order valence-electron chi connectivity index (χ2n) is 2.04. The lowest BCUT2D eigenvalue weighted by molar-refractivity contribution is 0.0966. The van der Waals surface area contributed by atoms with Crippen LogP contribution in [0.15, 0.2) is 12.4 Å². The van der Waals surface area contributed by atoms with Crippen molar-refractivity contribution in [3.05, 3.63) is 23.5 Å². The van der Waals surface area contributed by atoms with E-state index in [-0.39, 0.29) is 11.1 Å². The minimum atomic E-state index is -0.751. The Morgan fingerprint density at radius 3 is 1.58 bits per heavy atom. The van der Waals surface area contributed by atoms with Crippen molar-refractivity contribution in [2.75, 3.05) is 0 Å². The van der Waals surface area contributed by atoms with Crippen LogP contribution in [0.1, 0.15) is 20.7 Å². The molecule has 6 nitrogen and oxygen atoms in total. The van der Waals surface area contributed by atoms with Crippen molar-refractivity contribution in [1.29, 1.82) is 0 Å². The van der Waals surface area contributed by atoms with Gasteiger partial charge >= 0.3 is 0 Å². The van der Waals surface area contributed by atoms with Crippen molar-refractivity contribution in [3.8, 4) is 0 Å². The first-order chi connectivity index (χ1) is 5.63. The van der Waals surface area contributed by atoms with Crippen LogP contribution in [0.2, 0.25) is 0 Å². The molecular formula is C6H6N4O2. The largest absolute Gasteiger partial charge is 0.366 e. The molecule has 1 aromatic heterocycles. The minimum Gasteiger partial charge on any atom is -0.366 e. The summed E-state index contributed by atoms with van der Waals surface area (Å²) in [5.74, 6) is -1.50. The van der Waals surface area contributed by atoms with E-state index >= 15 is 0 Å². The summed E-state index contributed by atoms with van der Waals surface area (Å²) in [6.07, 6.45) is 2.20. The van der Waals surface area contributed by atoms with Gasteiger partial charge in [-0.3, -0.25) is 9.59 Å². The molecule has 0 bridgehead atoms. The molecule has 0 saturated heterocycles. The van der Waals surface area contributed by atoms with Gasteiger partial charge in [0.2, 0.25) is 0 Å². The Hall–Kier alpha value is -1.98. The molecule has 0 aliphatic heterocycles. The lowest BCUT2D eigenvalue weighted by Crippen LogP contribution is -2.21. The van der Waals surface area contributed by atoms with Gasteiger partial charge in [0.15, 0.2) is 0 Å².